The number of pyridine rings is 1. The number of benzene rings is 2. The predicted molar refractivity (Wildman–Crippen MR) is 151 cm³/mol. The number of nitrogens with one attached hydrogen (secondary N) is 2. The number of carbonyl (C=O) groups excluding carboxylic acids is 2. The molecule has 0 aliphatic carbocycles. The summed E-state index contributed by atoms with van der Waals surface area (Å²) in [5.74, 6) is 1.04. The normalized spacial score (nSPS) is 18.9. The van der Waals surface area contributed by atoms with E-state index in [1.54, 1.807) is 12.4 Å². The Kier molecular flexibility index (Phi) is 8.89. The van der Waals surface area contributed by atoms with Crippen LogP contribution in [0.4, 0.5) is 0 Å². The van der Waals surface area contributed by atoms with Crippen LogP contribution in [0.1, 0.15) is 54.8 Å². The van der Waals surface area contributed by atoms with Crippen LogP contribution in [-0.2, 0) is 16.0 Å². The van der Waals surface area contributed by atoms with Crippen LogP contribution >= 0.6 is 0 Å². The van der Waals surface area contributed by atoms with E-state index in [-0.39, 0.29) is 23.3 Å². The lowest BCUT2D eigenvalue weighted by molar-refractivity contribution is -0.135. The highest BCUT2D eigenvalue weighted by molar-refractivity contribution is 5.83. The van der Waals surface area contributed by atoms with Crippen molar-refractivity contribution in [2.45, 2.75) is 44.6 Å². The number of aryl methyl sites for hydroxylation is 1. The minimum Gasteiger partial charge on any atom is -0.491 e. The van der Waals surface area contributed by atoms with Crippen LogP contribution in [0.15, 0.2) is 79.1 Å². The van der Waals surface area contributed by atoms with E-state index in [9.17, 15) is 9.59 Å². The molecule has 0 radical (unpaired) electrons. The number of hydrogen-bond donors (Lipinski definition) is 2. The van der Waals surface area contributed by atoms with Crippen LogP contribution in [0.3, 0.4) is 0 Å². The molecular weight excluding hydrogens is 488 g/mol. The van der Waals surface area contributed by atoms with E-state index in [0.717, 1.165) is 68.5 Å². The van der Waals surface area contributed by atoms with Crippen LogP contribution in [0.5, 0.6) is 5.75 Å². The Hall–Kier alpha value is -3.71. The summed E-state index contributed by atoms with van der Waals surface area (Å²) in [6, 6.07) is 21.8. The largest absolute Gasteiger partial charge is 0.491 e. The molecule has 2 amide bonds. The lowest BCUT2D eigenvalue weighted by Crippen LogP contribution is -2.51. The summed E-state index contributed by atoms with van der Waals surface area (Å²) in [6.45, 7) is 2.73. The van der Waals surface area contributed by atoms with Gasteiger partial charge in [0.15, 0.2) is 0 Å². The SMILES string of the molecule is O=C(CN1CCC2(CCCCc3ccccc3OCCNC2=O)CC1)NC(c1ccccc1)c1ccncc1. The van der Waals surface area contributed by atoms with Gasteiger partial charge >= 0.3 is 0 Å². The fourth-order valence-electron chi connectivity index (χ4n) is 5.84. The van der Waals surface area contributed by atoms with Crippen molar-refractivity contribution in [1.29, 1.82) is 0 Å². The van der Waals surface area contributed by atoms with Crippen molar-refractivity contribution in [3.63, 3.8) is 0 Å². The zero-order chi connectivity index (χ0) is 26.9. The van der Waals surface area contributed by atoms with Gasteiger partial charge in [0.1, 0.15) is 12.4 Å². The quantitative estimate of drug-likeness (QED) is 0.518. The smallest absolute Gasteiger partial charge is 0.234 e. The molecule has 2 aliphatic heterocycles. The van der Waals surface area contributed by atoms with E-state index >= 15 is 0 Å². The maximum Gasteiger partial charge on any atom is 0.234 e. The van der Waals surface area contributed by atoms with Gasteiger partial charge in [0.2, 0.25) is 11.8 Å². The molecule has 2 aliphatic rings. The third-order valence-electron chi connectivity index (χ3n) is 8.11. The monoisotopic (exact) mass is 526 g/mol. The van der Waals surface area contributed by atoms with Crippen LogP contribution in [-0.4, -0.2) is 54.5 Å². The zero-order valence-corrected chi connectivity index (χ0v) is 22.5. The van der Waals surface area contributed by atoms with Crippen LogP contribution in [0, 0.1) is 5.41 Å². The van der Waals surface area contributed by atoms with E-state index in [0.29, 0.717) is 19.7 Å². The molecule has 1 atom stereocenters. The molecule has 1 saturated heterocycles. The zero-order valence-electron chi connectivity index (χ0n) is 22.5. The molecule has 39 heavy (non-hydrogen) atoms. The van der Waals surface area contributed by atoms with Crippen molar-refractivity contribution < 1.29 is 14.3 Å². The molecule has 1 fully saturated rings. The van der Waals surface area contributed by atoms with Crippen molar-refractivity contribution in [3.05, 3.63) is 95.8 Å². The third-order valence-corrected chi connectivity index (χ3v) is 8.11. The maximum atomic E-state index is 13.4. The minimum atomic E-state index is -0.380. The molecule has 3 heterocycles. The highest BCUT2D eigenvalue weighted by atomic mass is 16.5. The van der Waals surface area contributed by atoms with Gasteiger partial charge in [-0.3, -0.25) is 19.5 Å². The first-order chi connectivity index (χ1) is 19.1. The van der Waals surface area contributed by atoms with Crippen molar-refractivity contribution in [3.8, 4) is 5.75 Å². The third kappa shape index (κ3) is 6.84. The van der Waals surface area contributed by atoms with Gasteiger partial charge in [-0.1, -0.05) is 55.0 Å². The first-order valence-electron chi connectivity index (χ1n) is 14.1. The van der Waals surface area contributed by atoms with Crippen molar-refractivity contribution in [2.75, 3.05) is 32.8 Å². The summed E-state index contributed by atoms with van der Waals surface area (Å²) < 4.78 is 5.97. The molecule has 0 bridgehead atoms. The number of hydrogen-bond acceptors (Lipinski definition) is 5. The Bertz CT molecular complexity index is 1190. The summed E-state index contributed by atoms with van der Waals surface area (Å²) in [4.78, 5) is 32.9. The lowest BCUT2D eigenvalue weighted by atomic mass is 9.73. The maximum absolute atomic E-state index is 13.4. The van der Waals surface area contributed by atoms with Crippen molar-refractivity contribution >= 4 is 11.8 Å². The van der Waals surface area contributed by atoms with Crippen molar-refractivity contribution in [1.82, 2.24) is 20.5 Å². The number of likely N-dealkylation sites (tertiary alicyclic amines) is 1. The molecule has 0 saturated carbocycles. The molecule has 3 aromatic rings. The fraction of sp³-hybridized carbons (Fsp3) is 0.406. The number of amides is 2. The summed E-state index contributed by atoms with van der Waals surface area (Å²) in [5, 5.41) is 6.37. The average molecular weight is 527 g/mol. The second-order valence-corrected chi connectivity index (χ2v) is 10.7. The second kappa shape index (κ2) is 12.9. The van der Waals surface area contributed by atoms with Gasteiger partial charge in [0.25, 0.3) is 0 Å². The second-order valence-electron chi connectivity index (χ2n) is 10.7. The Labute approximate surface area is 231 Å². The van der Waals surface area contributed by atoms with Crippen LogP contribution in [0.25, 0.3) is 0 Å². The number of aromatic nitrogens is 1. The van der Waals surface area contributed by atoms with Gasteiger partial charge in [-0.2, -0.15) is 0 Å². The summed E-state index contributed by atoms with van der Waals surface area (Å²) in [7, 11) is 0. The summed E-state index contributed by atoms with van der Waals surface area (Å²) in [5.41, 5.74) is 2.89. The standard InChI is InChI=1S/C32H38N4O3/c37-29(35-30(26-10-2-1-3-11-26)27-13-18-33-19-14-27)24-36-21-16-32(17-22-36)15-7-6-9-25-8-4-5-12-28(25)39-23-20-34-31(32)38/h1-5,8,10-14,18-19,30H,6-7,9,15-17,20-24H2,(H,34,38)(H,35,37). The number of nitrogens with zero attached hydrogens (tertiary/aromatic N) is 2. The predicted octanol–water partition coefficient (Wildman–Crippen LogP) is 4.29. The Morgan fingerprint density at radius 2 is 1.67 bits per heavy atom. The van der Waals surface area contributed by atoms with E-state index in [1.165, 1.54) is 5.56 Å². The molecule has 2 N–H and O–H groups in total. The highest BCUT2D eigenvalue weighted by Gasteiger charge is 2.41. The van der Waals surface area contributed by atoms with E-state index < -0.39 is 0 Å². The molecule has 1 spiro atoms. The van der Waals surface area contributed by atoms with Gasteiger partial charge in [0.05, 0.1) is 24.5 Å². The number of fused-ring (bicyclic) bond motifs is 1. The van der Waals surface area contributed by atoms with E-state index in [2.05, 4.69) is 32.7 Å². The summed E-state index contributed by atoms with van der Waals surface area (Å²) >= 11 is 0. The highest BCUT2D eigenvalue weighted by Crippen LogP contribution is 2.37. The molecule has 2 aromatic carbocycles. The number of piperidine rings is 1. The van der Waals surface area contributed by atoms with Gasteiger partial charge in [-0.15, -0.1) is 0 Å². The minimum absolute atomic E-state index is 0.0180. The fourth-order valence-corrected chi connectivity index (χ4v) is 5.84. The Balaban J connectivity index is 1.19. The van der Waals surface area contributed by atoms with Gasteiger partial charge < -0.3 is 15.4 Å². The molecule has 5 rings (SSSR count). The van der Waals surface area contributed by atoms with Gasteiger partial charge in [-0.05, 0) is 80.1 Å². The summed E-state index contributed by atoms with van der Waals surface area (Å²) in [6.07, 6.45) is 8.87. The number of carbonyl (C=O) groups is 2. The van der Waals surface area contributed by atoms with E-state index in [1.807, 2.05) is 54.6 Å². The number of rotatable bonds is 5. The molecule has 7 heteroatoms. The van der Waals surface area contributed by atoms with Crippen molar-refractivity contribution in [2.24, 2.45) is 5.41 Å². The molecule has 1 unspecified atom stereocenters. The average Bonchev–Trinajstić information content (AvgIpc) is 2.98. The molecule has 7 nitrogen and oxygen atoms in total. The van der Waals surface area contributed by atoms with Crippen LogP contribution in [0.2, 0.25) is 0 Å². The van der Waals surface area contributed by atoms with E-state index in [4.69, 9.17) is 4.74 Å². The topological polar surface area (TPSA) is 83.6 Å². The first-order valence-corrected chi connectivity index (χ1v) is 14.1. The molecule has 204 valence electrons. The number of para-hydroxylation sites is 1. The van der Waals surface area contributed by atoms with Crippen LogP contribution < -0.4 is 15.4 Å². The first kappa shape index (κ1) is 26.9. The molecule has 1 aromatic heterocycles. The molecular formula is C32H38N4O3. The Morgan fingerprint density at radius 3 is 2.46 bits per heavy atom. The lowest BCUT2D eigenvalue weighted by Gasteiger charge is -2.41. The van der Waals surface area contributed by atoms with Gasteiger partial charge in [0, 0.05) is 12.4 Å². The van der Waals surface area contributed by atoms with Gasteiger partial charge in [-0.25, -0.2) is 0 Å². The Morgan fingerprint density at radius 1 is 0.949 bits per heavy atom. The number of ether oxygens (including phenoxy) is 1.